The Balaban J connectivity index is 1.61. The molecule has 0 saturated carbocycles. The van der Waals surface area contributed by atoms with Crippen LogP contribution in [0, 0.1) is 6.92 Å². The molecule has 0 amide bonds. The van der Waals surface area contributed by atoms with Crippen molar-refractivity contribution in [2.75, 3.05) is 0 Å². The number of hydrogen-bond acceptors (Lipinski definition) is 5. The fourth-order valence-electron chi connectivity index (χ4n) is 2.88. The van der Waals surface area contributed by atoms with Gasteiger partial charge in [0.25, 0.3) is 0 Å². The van der Waals surface area contributed by atoms with Crippen molar-refractivity contribution in [2.24, 2.45) is 0 Å². The maximum atomic E-state index is 12.5. The third-order valence-corrected chi connectivity index (χ3v) is 5.23. The van der Waals surface area contributed by atoms with E-state index in [1.165, 1.54) is 6.07 Å². The first-order valence-electron chi connectivity index (χ1n) is 8.42. The van der Waals surface area contributed by atoms with Crippen LogP contribution >= 0.6 is 11.3 Å². The SMILES string of the molecule is Cc1cc(=O)c(C(=O)OCc2csc3ccccc23)nn1-c1ccccc1. The van der Waals surface area contributed by atoms with E-state index in [1.54, 1.807) is 22.9 Å². The van der Waals surface area contributed by atoms with Crippen LogP contribution in [0.5, 0.6) is 0 Å². The van der Waals surface area contributed by atoms with Crippen LogP contribution in [0.1, 0.15) is 21.7 Å². The number of fused-ring (bicyclic) bond motifs is 1. The summed E-state index contributed by atoms with van der Waals surface area (Å²) in [7, 11) is 0. The number of thiophene rings is 1. The first kappa shape index (κ1) is 17.2. The molecule has 2 aromatic carbocycles. The predicted octanol–water partition coefficient (Wildman–Crippen LogP) is 4.11. The normalized spacial score (nSPS) is 10.9. The summed E-state index contributed by atoms with van der Waals surface area (Å²) in [5.41, 5.74) is 1.67. The minimum absolute atomic E-state index is 0.100. The standard InChI is InChI=1S/C21H16N2O3S/c1-14-11-18(24)20(22-23(14)16-7-3-2-4-8-16)21(25)26-12-15-13-27-19-10-6-5-9-17(15)19/h2-11,13H,12H2,1H3. The molecule has 0 spiro atoms. The summed E-state index contributed by atoms with van der Waals surface area (Å²) in [5.74, 6) is -0.722. The van der Waals surface area contributed by atoms with E-state index >= 15 is 0 Å². The number of carbonyl (C=O) groups excluding carboxylic acids is 1. The van der Waals surface area contributed by atoms with E-state index in [-0.39, 0.29) is 12.3 Å². The minimum atomic E-state index is -0.722. The highest BCUT2D eigenvalue weighted by atomic mass is 32.1. The second-order valence-electron chi connectivity index (χ2n) is 6.08. The third kappa shape index (κ3) is 3.39. The smallest absolute Gasteiger partial charge is 0.363 e. The van der Waals surface area contributed by atoms with Gasteiger partial charge in [0.05, 0.1) is 5.69 Å². The van der Waals surface area contributed by atoms with E-state index < -0.39 is 11.4 Å². The molecule has 134 valence electrons. The molecule has 0 atom stereocenters. The first-order chi connectivity index (χ1) is 13.1. The van der Waals surface area contributed by atoms with Crippen molar-refractivity contribution in [1.29, 1.82) is 0 Å². The van der Waals surface area contributed by atoms with Gasteiger partial charge in [-0.3, -0.25) is 4.79 Å². The number of para-hydroxylation sites is 1. The van der Waals surface area contributed by atoms with Gasteiger partial charge in [-0.05, 0) is 35.9 Å². The van der Waals surface area contributed by atoms with Gasteiger partial charge < -0.3 is 4.74 Å². The highest BCUT2D eigenvalue weighted by Crippen LogP contribution is 2.26. The van der Waals surface area contributed by atoms with Gasteiger partial charge in [0.15, 0.2) is 0 Å². The maximum absolute atomic E-state index is 12.5. The first-order valence-corrected chi connectivity index (χ1v) is 9.30. The largest absolute Gasteiger partial charge is 0.456 e. The molecule has 0 fully saturated rings. The topological polar surface area (TPSA) is 61.2 Å². The van der Waals surface area contributed by atoms with E-state index in [0.29, 0.717) is 5.69 Å². The monoisotopic (exact) mass is 376 g/mol. The molecule has 27 heavy (non-hydrogen) atoms. The molecule has 0 N–H and O–H groups in total. The fraction of sp³-hybridized carbons (Fsp3) is 0.0952. The highest BCUT2D eigenvalue weighted by Gasteiger charge is 2.17. The van der Waals surface area contributed by atoms with Crippen molar-refractivity contribution in [1.82, 2.24) is 9.78 Å². The molecule has 0 unspecified atom stereocenters. The second kappa shape index (κ2) is 7.17. The summed E-state index contributed by atoms with van der Waals surface area (Å²) >= 11 is 1.59. The van der Waals surface area contributed by atoms with E-state index in [2.05, 4.69) is 5.10 Å². The zero-order valence-electron chi connectivity index (χ0n) is 14.6. The molecule has 0 saturated heterocycles. The average molecular weight is 376 g/mol. The molecule has 0 aliphatic rings. The molecular formula is C21H16N2O3S. The predicted molar refractivity (Wildman–Crippen MR) is 106 cm³/mol. The van der Waals surface area contributed by atoms with Gasteiger partial charge in [0.2, 0.25) is 11.1 Å². The summed E-state index contributed by atoms with van der Waals surface area (Å²) in [4.78, 5) is 24.8. The Kier molecular flexibility index (Phi) is 4.56. The number of esters is 1. The molecule has 0 radical (unpaired) electrons. The van der Waals surface area contributed by atoms with E-state index in [0.717, 1.165) is 21.3 Å². The Bertz CT molecular complexity index is 1180. The van der Waals surface area contributed by atoms with Crippen molar-refractivity contribution in [3.63, 3.8) is 0 Å². The van der Waals surface area contributed by atoms with Crippen LogP contribution in [0.4, 0.5) is 0 Å². The van der Waals surface area contributed by atoms with Gasteiger partial charge >= 0.3 is 5.97 Å². The number of ether oxygens (including phenoxy) is 1. The molecule has 2 heterocycles. The summed E-state index contributed by atoms with van der Waals surface area (Å²) in [5, 5.41) is 7.25. The van der Waals surface area contributed by atoms with E-state index in [9.17, 15) is 9.59 Å². The van der Waals surface area contributed by atoms with Crippen LogP contribution in [0.3, 0.4) is 0 Å². The van der Waals surface area contributed by atoms with Gasteiger partial charge in [0, 0.05) is 22.0 Å². The number of hydrogen-bond donors (Lipinski definition) is 0. The van der Waals surface area contributed by atoms with Crippen molar-refractivity contribution in [3.05, 3.63) is 93.2 Å². The summed E-state index contributed by atoms with van der Waals surface area (Å²) in [6, 6.07) is 18.7. The third-order valence-electron chi connectivity index (χ3n) is 4.22. The van der Waals surface area contributed by atoms with Crippen molar-refractivity contribution in [2.45, 2.75) is 13.5 Å². The van der Waals surface area contributed by atoms with Gasteiger partial charge in [-0.1, -0.05) is 36.4 Å². The summed E-state index contributed by atoms with van der Waals surface area (Å²) in [6.45, 7) is 1.87. The molecular weight excluding hydrogens is 360 g/mol. The fourth-order valence-corrected chi connectivity index (χ4v) is 3.82. The number of benzene rings is 2. The van der Waals surface area contributed by atoms with Crippen molar-refractivity contribution in [3.8, 4) is 5.69 Å². The summed E-state index contributed by atoms with van der Waals surface area (Å²) in [6.07, 6.45) is 0. The molecule has 2 aromatic heterocycles. The van der Waals surface area contributed by atoms with Crippen LogP contribution in [-0.4, -0.2) is 15.7 Å². The molecule has 0 bridgehead atoms. The number of carbonyl (C=O) groups is 1. The maximum Gasteiger partial charge on any atom is 0.363 e. The molecule has 6 heteroatoms. The lowest BCUT2D eigenvalue weighted by Crippen LogP contribution is -2.24. The molecule has 0 aliphatic heterocycles. The number of rotatable bonds is 4. The Morgan fingerprint density at radius 1 is 1.11 bits per heavy atom. The quantitative estimate of drug-likeness (QED) is 0.503. The Labute approximate surface area is 159 Å². The second-order valence-corrected chi connectivity index (χ2v) is 6.99. The Morgan fingerprint density at radius 3 is 2.67 bits per heavy atom. The summed E-state index contributed by atoms with van der Waals surface area (Å²) < 4.78 is 8.08. The van der Waals surface area contributed by atoms with Crippen LogP contribution in [-0.2, 0) is 11.3 Å². The van der Waals surface area contributed by atoms with Crippen LogP contribution < -0.4 is 5.43 Å². The van der Waals surface area contributed by atoms with E-state index in [4.69, 9.17) is 4.74 Å². The van der Waals surface area contributed by atoms with Gasteiger partial charge in [-0.25, -0.2) is 9.48 Å². The Hall–Kier alpha value is -3.25. The highest BCUT2D eigenvalue weighted by molar-refractivity contribution is 7.17. The number of aromatic nitrogens is 2. The van der Waals surface area contributed by atoms with Gasteiger partial charge in [-0.15, -0.1) is 11.3 Å². The Morgan fingerprint density at radius 2 is 1.85 bits per heavy atom. The molecule has 4 aromatic rings. The lowest BCUT2D eigenvalue weighted by atomic mass is 10.2. The lowest BCUT2D eigenvalue weighted by Gasteiger charge is -2.11. The van der Waals surface area contributed by atoms with Crippen LogP contribution in [0.2, 0.25) is 0 Å². The molecule has 4 rings (SSSR count). The van der Waals surface area contributed by atoms with Crippen molar-refractivity contribution < 1.29 is 9.53 Å². The van der Waals surface area contributed by atoms with Gasteiger partial charge in [0.1, 0.15) is 6.61 Å². The average Bonchev–Trinajstić information content (AvgIpc) is 3.10. The van der Waals surface area contributed by atoms with Crippen LogP contribution in [0.15, 0.2) is 70.8 Å². The number of aryl methyl sites for hydroxylation is 1. The minimum Gasteiger partial charge on any atom is -0.456 e. The zero-order chi connectivity index (χ0) is 18.8. The van der Waals surface area contributed by atoms with Crippen LogP contribution in [0.25, 0.3) is 15.8 Å². The van der Waals surface area contributed by atoms with Crippen molar-refractivity contribution >= 4 is 27.4 Å². The molecule has 5 nitrogen and oxygen atoms in total. The zero-order valence-corrected chi connectivity index (χ0v) is 15.4. The van der Waals surface area contributed by atoms with Gasteiger partial charge in [-0.2, -0.15) is 5.10 Å². The lowest BCUT2D eigenvalue weighted by molar-refractivity contribution is 0.0464. The van der Waals surface area contributed by atoms with E-state index in [1.807, 2.05) is 60.0 Å². The molecule has 0 aliphatic carbocycles. The number of nitrogens with zero attached hydrogens (tertiary/aromatic N) is 2.